The molecule has 0 unspecified atom stereocenters. The Hall–Kier alpha value is -3.38. The summed E-state index contributed by atoms with van der Waals surface area (Å²) in [4.78, 5) is 7.17. The number of morpholine rings is 1. The number of allylic oxidation sites excluding steroid dienone is 2. The van der Waals surface area contributed by atoms with Crippen molar-refractivity contribution in [3.63, 3.8) is 0 Å². The molecule has 38 heavy (non-hydrogen) atoms. The molecular formula is C32H43N5O. The van der Waals surface area contributed by atoms with Crippen LogP contribution in [0.15, 0.2) is 75.6 Å². The third kappa shape index (κ3) is 6.93. The number of benzene rings is 2. The first-order chi connectivity index (χ1) is 18.7. The van der Waals surface area contributed by atoms with Crippen LogP contribution >= 0.6 is 0 Å². The Kier molecular flexibility index (Phi) is 10.2. The lowest BCUT2D eigenvalue weighted by Gasteiger charge is -2.31. The van der Waals surface area contributed by atoms with Gasteiger partial charge < -0.3 is 19.4 Å². The van der Waals surface area contributed by atoms with E-state index in [1.165, 1.54) is 33.8 Å². The molecule has 1 saturated heterocycles. The molecule has 1 heterocycles. The van der Waals surface area contributed by atoms with Crippen molar-refractivity contribution in [3.05, 3.63) is 76.5 Å². The van der Waals surface area contributed by atoms with Crippen molar-refractivity contribution in [2.75, 3.05) is 62.3 Å². The Morgan fingerprint density at radius 1 is 0.711 bits per heavy atom. The van der Waals surface area contributed by atoms with Gasteiger partial charge in [0.2, 0.25) is 0 Å². The van der Waals surface area contributed by atoms with Gasteiger partial charge in [-0.1, -0.05) is 24.3 Å². The molecule has 0 atom stereocenters. The van der Waals surface area contributed by atoms with E-state index in [1.807, 2.05) is 12.4 Å². The molecule has 0 aromatic heterocycles. The summed E-state index contributed by atoms with van der Waals surface area (Å²) < 4.78 is 5.64. The largest absolute Gasteiger partial charge is 0.378 e. The highest BCUT2D eigenvalue weighted by Crippen LogP contribution is 2.35. The highest BCUT2D eigenvalue weighted by molar-refractivity contribution is 5.85. The van der Waals surface area contributed by atoms with Crippen LogP contribution in [0.1, 0.15) is 51.7 Å². The molecule has 4 rings (SSSR count). The van der Waals surface area contributed by atoms with E-state index in [9.17, 15) is 0 Å². The number of hydrogen-bond acceptors (Lipinski definition) is 6. The zero-order valence-corrected chi connectivity index (χ0v) is 23.6. The van der Waals surface area contributed by atoms with Gasteiger partial charge in [-0.25, -0.2) is 0 Å². The predicted octanol–water partition coefficient (Wildman–Crippen LogP) is 6.25. The fraction of sp³-hybridized carbons (Fsp3) is 0.438. The van der Waals surface area contributed by atoms with E-state index in [1.54, 1.807) is 0 Å². The van der Waals surface area contributed by atoms with Crippen LogP contribution in [0.2, 0.25) is 0 Å². The molecule has 0 saturated carbocycles. The summed E-state index contributed by atoms with van der Waals surface area (Å²) in [5.41, 5.74) is 8.76. The lowest BCUT2D eigenvalue weighted by atomic mass is 10.1. The highest BCUT2D eigenvalue weighted by Gasteiger charge is 2.25. The molecule has 0 N–H and O–H groups in total. The van der Waals surface area contributed by atoms with Crippen LogP contribution in [0.3, 0.4) is 0 Å². The molecule has 2 aliphatic rings. The van der Waals surface area contributed by atoms with Gasteiger partial charge in [0.05, 0.1) is 25.6 Å². The monoisotopic (exact) mass is 513 g/mol. The van der Waals surface area contributed by atoms with Crippen molar-refractivity contribution in [3.8, 4) is 0 Å². The Bertz CT molecular complexity index is 1130. The minimum atomic E-state index is 0.765. The van der Waals surface area contributed by atoms with E-state index < -0.39 is 0 Å². The molecule has 1 aliphatic carbocycles. The Balaban J connectivity index is 1.52. The summed E-state index contributed by atoms with van der Waals surface area (Å²) in [6, 6.07) is 17.5. The summed E-state index contributed by atoms with van der Waals surface area (Å²) >= 11 is 0. The Morgan fingerprint density at radius 2 is 1.24 bits per heavy atom. The zero-order valence-electron chi connectivity index (χ0n) is 23.6. The molecular weight excluding hydrogens is 470 g/mol. The molecule has 1 fully saturated rings. The summed E-state index contributed by atoms with van der Waals surface area (Å²) in [5.74, 6) is 0. The van der Waals surface area contributed by atoms with E-state index in [0.29, 0.717) is 0 Å². The van der Waals surface area contributed by atoms with Crippen molar-refractivity contribution >= 4 is 29.9 Å². The van der Waals surface area contributed by atoms with Gasteiger partial charge in [-0.05, 0) is 93.2 Å². The van der Waals surface area contributed by atoms with Gasteiger partial charge in [0.1, 0.15) is 0 Å². The summed E-state index contributed by atoms with van der Waals surface area (Å²) in [5, 5.41) is 8.84. The second kappa shape index (κ2) is 14.0. The van der Waals surface area contributed by atoms with Gasteiger partial charge in [0.25, 0.3) is 0 Å². The van der Waals surface area contributed by atoms with E-state index in [2.05, 4.69) is 107 Å². The van der Waals surface area contributed by atoms with Crippen molar-refractivity contribution in [1.29, 1.82) is 0 Å². The normalized spacial score (nSPS) is 17.4. The number of anilines is 2. The molecule has 0 spiro atoms. The first-order valence-electron chi connectivity index (χ1n) is 14.2. The quantitative estimate of drug-likeness (QED) is 0.263. The van der Waals surface area contributed by atoms with Gasteiger partial charge in [0.15, 0.2) is 0 Å². The molecule has 6 heteroatoms. The van der Waals surface area contributed by atoms with Gasteiger partial charge in [-0.15, -0.1) is 0 Å². The SMILES string of the molecule is CCN(CC)c1ccc(/C=N/N=C/C2=C(N3CCOCC3)C(=C/c3ccc(N(CC)CC)cc3)/CC2)cc1. The Morgan fingerprint density at radius 3 is 1.79 bits per heavy atom. The third-order valence-corrected chi connectivity index (χ3v) is 7.47. The maximum Gasteiger partial charge on any atom is 0.0642 e. The van der Waals surface area contributed by atoms with Crippen LogP contribution in [-0.2, 0) is 4.74 Å². The molecule has 6 nitrogen and oxygen atoms in total. The summed E-state index contributed by atoms with van der Waals surface area (Å²) in [6.07, 6.45) is 8.13. The smallest absolute Gasteiger partial charge is 0.0642 e. The maximum absolute atomic E-state index is 5.64. The predicted molar refractivity (Wildman–Crippen MR) is 163 cm³/mol. The van der Waals surface area contributed by atoms with Gasteiger partial charge >= 0.3 is 0 Å². The number of nitrogens with zero attached hydrogens (tertiary/aromatic N) is 5. The minimum absolute atomic E-state index is 0.765. The zero-order chi connectivity index (χ0) is 26.7. The topological polar surface area (TPSA) is 43.7 Å². The lowest BCUT2D eigenvalue weighted by molar-refractivity contribution is 0.0548. The molecule has 1 aliphatic heterocycles. The van der Waals surface area contributed by atoms with Crippen molar-refractivity contribution < 1.29 is 4.74 Å². The average molecular weight is 514 g/mol. The van der Waals surface area contributed by atoms with Crippen LogP contribution in [0.5, 0.6) is 0 Å². The molecule has 2 aromatic carbocycles. The number of ether oxygens (including phenoxy) is 1. The molecule has 0 amide bonds. The molecule has 2 aromatic rings. The molecule has 0 bridgehead atoms. The van der Waals surface area contributed by atoms with Crippen molar-refractivity contribution in [2.45, 2.75) is 40.5 Å². The van der Waals surface area contributed by atoms with Crippen LogP contribution in [0.4, 0.5) is 11.4 Å². The van der Waals surface area contributed by atoms with Crippen LogP contribution < -0.4 is 9.80 Å². The van der Waals surface area contributed by atoms with E-state index in [0.717, 1.165) is 70.9 Å². The highest BCUT2D eigenvalue weighted by atomic mass is 16.5. The fourth-order valence-corrected chi connectivity index (χ4v) is 5.31. The number of rotatable bonds is 11. The minimum Gasteiger partial charge on any atom is -0.378 e. The maximum atomic E-state index is 5.64. The standard InChI is InChI=1S/C32H43N5O/c1-5-35(6-2)30-15-9-26(10-16-30)23-28-13-14-29(32(28)37-19-21-38-22-20-37)25-34-33-24-27-11-17-31(18-12-27)36(7-3)8-4/h9-12,15-18,23-25H,5-8,13-14,19-22H2,1-4H3/b28-23+,33-24+,34-25+. The van der Waals surface area contributed by atoms with Gasteiger partial charge in [-0.3, -0.25) is 0 Å². The second-order valence-corrected chi connectivity index (χ2v) is 9.66. The average Bonchev–Trinajstić information content (AvgIpc) is 3.36. The summed E-state index contributed by atoms with van der Waals surface area (Å²) in [6.45, 7) is 16.2. The van der Waals surface area contributed by atoms with E-state index in [4.69, 9.17) is 4.74 Å². The van der Waals surface area contributed by atoms with Gasteiger partial charge in [-0.2, -0.15) is 10.2 Å². The van der Waals surface area contributed by atoms with Crippen LogP contribution in [0.25, 0.3) is 6.08 Å². The number of hydrogen-bond donors (Lipinski definition) is 0. The van der Waals surface area contributed by atoms with Gasteiger partial charge in [0, 0.05) is 56.3 Å². The van der Waals surface area contributed by atoms with Crippen LogP contribution in [-0.4, -0.2) is 69.8 Å². The van der Waals surface area contributed by atoms with Crippen molar-refractivity contribution in [2.24, 2.45) is 10.2 Å². The Labute approximate surface area is 229 Å². The van der Waals surface area contributed by atoms with Crippen LogP contribution in [0, 0.1) is 0 Å². The van der Waals surface area contributed by atoms with E-state index >= 15 is 0 Å². The molecule has 202 valence electrons. The first kappa shape index (κ1) is 27.6. The van der Waals surface area contributed by atoms with Crippen molar-refractivity contribution in [1.82, 2.24) is 4.90 Å². The third-order valence-electron chi connectivity index (χ3n) is 7.47. The first-order valence-corrected chi connectivity index (χ1v) is 14.2. The lowest BCUT2D eigenvalue weighted by Crippen LogP contribution is -2.36. The molecule has 0 radical (unpaired) electrons. The fourth-order valence-electron chi connectivity index (χ4n) is 5.31. The second-order valence-electron chi connectivity index (χ2n) is 9.66. The summed E-state index contributed by atoms with van der Waals surface area (Å²) in [7, 11) is 0. The van der Waals surface area contributed by atoms with E-state index in [-0.39, 0.29) is 0 Å².